The molecule has 36 heavy (non-hydrogen) atoms. The highest BCUT2D eigenvalue weighted by atomic mass is 35.5. The first-order chi connectivity index (χ1) is 17.4. The zero-order valence-electron chi connectivity index (χ0n) is 18.3. The van der Waals surface area contributed by atoms with Gasteiger partial charge in [0.25, 0.3) is 0 Å². The first-order valence-corrected chi connectivity index (χ1v) is 11.1. The van der Waals surface area contributed by atoms with Crippen molar-refractivity contribution in [1.29, 1.82) is 0 Å². The van der Waals surface area contributed by atoms with Gasteiger partial charge in [0.05, 0.1) is 17.5 Å². The molecule has 0 unspecified atom stereocenters. The minimum absolute atomic E-state index is 0.0330. The fourth-order valence-electron chi connectivity index (χ4n) is 3.82. The topological polar surface area (TPSA) is 105 Å². The number of benzene rings is 2. The molecule has 1 aliphatic rings. The van der Waals surface area contributed by atoms with Gasteiger partial charge in [-0.05, 0) is 24.3 Å². The Morgan fingerprint density at radius 3 is 2.31 bits per heavy atom. The monoisotopic (exact) mass is 514 g/mol. The molecule has 2 aromatic carbocycles. The van der Waals surface area contributed by atoms with E-state index in [1.165, 1.54) is 12.1 Å². The number of fused-ring (bicyclic) bond motifs is 1. The second-order valence-electron chi connectivity index (χ2n) is 7.82. The average Bonchev–Trinajstić information content (AvgIpc) is 3.44. The maximum atomic E-state index is 15.8. The van der Waals surface area contributed by atoms with Crippen molar-refractivity contribution in [3.63, 3.8) is 0 Å². The molecule has 0 saturated carbocycles. The minimum atomic E-state index is -1.95. The van der Waals surface area contributed by atoms with Crippen molar-refractivity contribution in [1.82, 2.24) is 19.5 Å². The third kappa shape index (κ3) is 4.62. The first-order valence-electron chi connectivity index (χ1n) is 10.8. The number of alkyl halides is 1. The van der Waals surface area contributed by atoms with Crippen LogP contribution < -0.4 is 0 Å². The molecule has 1 aliphatic heterocycles. The van der Waals surface area contributed by atoms with Crippen LogP contribution in [0.15, 0.2) is 67.0 Å². The van der Waals surface area contributed by atoms with Gasteiger partial charge < -0.3 is 14.2 Å². The zero-order valence-corrected chi connectivity index (χ0v) is 19.1. The standard InChI is InChI=1S/C24H17ClF2N4O5/c25-19-17-20(30-24(27)29-19)31(12-28-17)21-16(26)18(36-23(33)14-9-5-2-6-10-14)15(35-21)11-34-22(32)13-7-3-1-4-8-13/h1-10,12,15-16,18,21H,11H2/t15-,16+,18-,21-/m1/s1. The minimum Gasteiger partial charge on any atom is -0.459 e. The van der Waals surface area contributed by atoms with Gasteiger partial charge in [-0.25, -0.2) is 19.0 Å². The van der Waals surface area contributed by atoms with E-state index in [0.717, 1.165) is 10.9 Å². The summed E-state index contributed by atoms with van der Waals surface area (Å²) in [5.74, 6) is -1.46. The van der Waals surface area contributed by atoms with Crippen LogP contribution in [-0.4, -0.2) is 56.4 Å². The molecule has 2 aromatic heterocycles. The normalized spacial score (nSPS) is 21.4. The zero-order chi connectivity index (χ0) is 25.2. The lowest BCUT2D eigenvalue weighted by molar-refractivity contribution is -0.0570. The van der Waals surface area contributed by atoms with Gasteiger partial charge in [-0.3, -0.25) is 4.57 Å². The van der Waals surface area contributed by atoms with Gasteiger partial charge in [-0.2, -0.15) is 14.4 Å². The van der Waals surface area contributed by atoms with Crippen LogP contribution in [0.3, 0.4) is 0 Å². The number of aromatic nitrogens is 4. The number of hydrogen-bond donors (Lipinski definition) is 0. The van der Waals surface area contributed by atoms with Crippen molar-refractivity contribution >= 4 is 34.7 Å². The van der Waals surface area contributed by atoms with Gasteiger partial charge in [-0.15, -0.1) is 0 Å². The lowest BCUT2D eigenvalue weighted by Gasteiger charge is -2.19. The van der Waals surface area contributed by atoms with E-state index >= 15 is 4.39 Å². The highest BCUT2D eigenvalue weighted by Gasteiger charge is 2.50. The van der Waals surface area contributed by atoms with Gasteiger partial charge in [0.2, 0.25) is 0 Å². The molecular weight excluding hydrogens is 498 g/mol. The molecule has 0 aliphatic carbocycles. The van der Waals surface area contributed by atoms with E-state index in [4.69, 9.17) is 25.8 Å². The largest absolute Gasteiger partial charge is 0.459 e. The highest BCUT2D eigenvalue weighted by molar-refractivity contribution is 6.33. The summed E-state index contributed by atoms with van der Waals surface area (Å²) in [6.07, 6.45) is -6.02. The number of carbonyl (C=O) groups excluding carboxylic acids is 2. The summed E-state index contributed by atoms with van der Waals surface area (Å²) in [5.41, 5.74) is 0.396. The Labute approximate surface area is 207 Å². The SMILES string of the molecule is O=C(OC[C@H]1O[C@@H](n2cnc3c(Cl)nc(F)nc32)[C@@H](F)[C@@H]1OC(=O)c1ccccc1)c1ccccc1. The maximum absolute atomic E-state index is 15.8. The number of esters is 2. The Morgan fingerprint density at radius 1 is 1.00 bits per heavy atom. The van der Waals surface area contributed by atoms with Gasteiger partial charge in [0.15, 0.2) is 29.3 Å². The summed E-state index contributed by atoms with van der Waals surface area (Å²) in [5, 5.41) is -0.259. The molecule has 1 fully saturated rings. The Kier molecular flexibility index (Phi) is 6.57. The molecule has 5 rings (SSSR count). The molecular formula is C24H17ClF2N4O5. The number of ether oxygens (including phenoxy) is 3. The predicted octanol–water partition coefficient (Wildman–Crippen LogP) is 3.94. The molecule has 9 nitrogen and oxygen atoms in total. The van der Waals surface area contributed by atoms with Crippen LogP contribution in [0.4, 0.5) is 8.78 Å². The Hall–Kier alpha value is -3.96. The van der Waals surface area contributed by atoms with Crippen molar-refractivity contribution in [2.45, 2.75) is 24.6 Å². The summed E-state index contributed by atoms with van der Waals surface area (Å²) >= 11 is 5.93. The van der Waals surface area contributed by atoms with Crippen LogP contribution in [0, 0.1) is 6.08 Å². The van der Waals surface area contributed by atoms with Crippen LogP contribution in [-0.2, 0) is 14.2 Å². The third-order valence-corrected chi connectivity index (χ3v) is 5.80. The number of halogens is 3. The maximum Gasteiger partial charge on any atom is 0.338 e. The summed E-state index contributed by atoms with van der Waals surface area (Å²) < 4.78 is 47.3. The molecule has 4 atom stereocenters. The Balaban J connectivity index is 1.42. The van der Waals surface area contributed by atoms with Crippen molar-refractivity contribution in [3.8, 4) is 0 Å². The molecule has 0 spiro atoms. The molecule has 12 heteroatoms. The number of nitrogens with zero attached hydrogens (tertiary/aromatic N) is 4. The molecule has 0 N–H and O–H groups in total. The van der Waals surface area contributed by atoms with E-state index in [1.54, 1.807) is 48.5 Å². The Morgan fingerprint density at radius 2 is 1.64 bits per heavy atom. The van der Waals surface area contributed by atoms with Crippen LogP contribution in [0.1, 0.15) is 26.9 Å². The van der Waals surface area contributed by atoms with E-state index in [-0.39, 0.29) is 27.4 Å². The summed E-state index contributed by atoms with van der Waals surface area (Å²) in [7, 11) is 0. The van der Waals surface area contributed by atoms with Gasteiger partial charge in [0, 0.05) is 0 Å². The van der Waals surface area contributed by atoms with E-state index in [2.05, 4.69) is 15.0 Å². The van der Waals surface area contributed by atoms with Crippen LogP contribution in [0.5, 0.6) is 0 Å². The summed E-state index contributed by atoms with van der Waals surface area (Å²) in [6.45, 7) is -0.423. The van der Waals surface area contributed by atoms with Gasteiger partial charge in [0.1, 0.15) is 18.2 Å². The molecule has 1 saturated heterocycles. The van der Waals surface area contributed by atoms with Crippen molar-refractivity contribution in [2.75, 3.05) is 6.61 Å². The van der Waals surface area contributed by atoms with Crippen molar-refractivity contribution < 1.29 is 32.6 Å². The second-order valence-corrected chi connectivity index (χ2v) is 8.18. The van der Waals surface area contributed by atoms with Crippen molar-refractivity contribution in [3.05, 3.63) is 89.3 Å². The lowest BCUT2D eigenvalue weighted by atomic mass is 10.1. The second kappa shape index (κ2) is 9.96. The molecule has 3 heterocycles. The van der Waals surface area contributed by atoms with E-state index in [1.807, 2.05) is 0 Å². The van der Waals surface area contributed by atoms with E-state index in [9.17, 15) is 14.0 Å². The number of hydrogen-bond acceptors (Lipinski definition) is 8. The molecule has 4 aromatic rings. The smallest absolute Gasteiger partial charge is 0.338 e. The van der Waals surface area contributed by atoms with Crippen LogP contribution in [0.2, 0.25) is 5.15 Å². The lowest BCUT2D eigenvalue weighted by Crippen LogP contribution is -2.37. The third-order valence-electron chi connectivity index (χ3n) is 5.53. The quantitative estimate of drug-likeness (QED) is 0.216. The molecule has 0 bridgehead atoms. The van der Waals surface area contributed by atoms with Gasteiger partial charge >= 0.3 is 18.0 Å². The fraction of sp³-hybridized carbons (Fsp3) is 0.208. The van der Waals surface area contributed by atoms with Crippen LogP contribution >= 0.6 is 11.6 Å². The van der Waals surface area contributed by atoms with Crippen molar-refractivity contribution in [2.24, 2.45) is 0 Å². The number of rotatable bonds is 6. The van der Waals surface area contributed by atoms with E-state index < -0.39 is 49.2 Å². The molecule has 0 radical (unpaired) electrons. The fourth-order valence-corrected chi connectivity index (χ4v) is 4.02. The number of imidazole rings is 1. The average molecular weight is 515 g/mol. The predicted molar refractivity (Wildman–Crippen MR) is 121 cm³/mol. The summed E-state index contributed by atoms with van der Waals surface area (Å²) in [6, 6.07) is 16.2. The molecule has 184 valence electrons. The van der Waals surface area contributed by atoms with Crippen LogP contribution in [0.25, 0.3) is 11.2 Å². The van der Waals surface area contributed by atoms with E-state index in [0.29, 0.717) is 0 Å². The summed E-state index contributed by atoms with van der Waals surface area (Å²) in [4.78, 5) is 36.2. The van der Waals surface area contributed by atoms with Gasteiger partial charge in [-0.1, -0.05) is 48.0 Å². The molecule has 0 amide bonds. The first kappa shape index (κ1) is 23.8. The highest BCUT2D eigenvalue weighted by Crippen LogP contribution is 2.36. The number of carbonyl (C=O) groups is 2. The Bertz CT molecular complexity index is 1410.